The summed E-state index contributed by atoms with van der Waals surface area (Å²) in [5.41, 5.74) is -1.02. The molecule has 164 valence electrons. The zero-order valence-corrected chi connectivity index (χ0v) is 15.3. The fourth-order valence-electron chi connectivity index (χ4n) is 2.62. The summed E-state index contributed by atoms with van der Waals surface area (Å²) in [4.78, 5) is 24.5. The molecule has 3 heterocycles. The third-order valence-electron chi connectivity index (χ3n) is 4.08. The number of carboxylic acid groups (broad SMARTS) is 1. The molecule has 1 aliphatic heterocycles. The minimum absolute atomic E-state index is 0.0571. The Morgan fingerprint density at radius 3 is 2.57 bits per heavy atom. The van der Waals surface area contributed by atoms with Gasteiger partial charge < -0.3 is 20.1 Å². The normalized spacial score (nSPS) is 23.8. The molecule has 2 aromatic heterocycles. The molecule has 2 aromatic rings. The van der Waals surface area contributed by atoms with Gasteiger partial charge in [-0.2, -0.15) is 13.2 Å². The standard InChI is InChI=1S/C11H14N2O5.C6H3F4NO/c1-5-10(15)7(14)2-8(18-5)9-6(11(16)17)3-12-4-13-9;7-6(8,9)4-2-1-3-5(11-4)12-10/h3-5,7-8,10,14-15H,2H2,1H3,(H,16,17);1-3H. The molecule has 0 saturated carbocycles. The van der Waals surface area contributed by atoms with Crippen LogP contribution in [0.4, 0.5) is 17.7 Å². The van der Waals surface area contributed by atoms with Gasteiger partial charge in [-0.3, -0.25) is 4.94 Å². The third kappa shape index (κ3) is 5.81. The van der Waals surface area contributed by atoms with Crippen LogP contribution in [-0.2, 0) is 10.9 Å². The molecular formula is C17H17F4N3O6. The molecule has 9 nitrogen and oxygen atoms in total. The van der Waals surface area contributed by atoms with Crippen molar-refractivity contribution in [3.05, 3.63) is 47.7 Å². The highest BCUT2D eigenvalue weighted by molar-refractivity contribution is 5.88. The summed E-state index contributed by atoms with van der Waals surface area (Å²) in [6.45, 7) is 1.61. The molecule has 0 aromatic carbocycles. The van der Waals surface area contributed by atoms with Gasteiger partial charge in [-0.15, -0.1) is 0 Å². The molecule has 13 heteroatoms. The maximum Gasteiger partial charge on any atom is 0.433 e. The predicted molar refractivity (Wildman–Crippen MR) is 89.9 cm³/mol. The number of rotatable bonds is 3. The lowest BCUT2D eigenvalue weighted by Gasteiger charge is -2.35. The number of ether oxygens (including phenoxy) is 1. The van der Waals surface area contributed by atoms with Crippen LogP contribution in [-0.4, -0.2) is 54.6 Å². The Kier molecular flexibility index (Phi) is 7.59. The van der Waals surface area contributed by atoms with Crippen LogP contribution in [0.1, 0.15) is 41.2 Å². The number of aliphatic hydroxyl groups is 2. The molecule has 0 spiro atoms. The Morgan fingerprint density at radius 1 is 1.30 bits per heavy atom. The highest BCUT2D eigenvalue weighted by Crippen LogP contribution is 2.32. The van der Waals surface area contributed by atoms with Crippen LogP contribution in [0.3, 0.4) is 0 Å². The number of pyridine rings is 1. The van der Waals surface area contributed by atoms with Crippen LogP contribution in [0.5, 0.6) is 5.88 Å². The van der Waals surface area contributed by atoms with Crippen LogP contribution < -0.4 is 4.94 Å². The van der Waals surface area contributed by atoms with Crippen LogP contribution in [0.2, 0.25) is 0 Å². The highest BCUT2D eigenvalue weighted by atomic mass is 19.4. The van der Waals surface area contributed by atoms with Crippen molar-refractivity contribution in [3.63, 3.8) is 0 Å². The number of aromatic nitrogens is 3. The van der Waals surface area contributed by atoms with E-state index in [1.807, 2.05) is 0 Å². The molecule has 1 aliphatic rings. The van der Waals surface area contributed by atoms with E-state index < -0.39 is 48.1 Å². The Labute approximate surface area is 166 Å². The van der Waals surface area contributed by atoms with Gasteiger partial charge in [0.15, 0.2) is 0 Å². The van der Waals surface area contributed by atoms with Crippen molar-refractivity contribution in [3.8, 4) is 5.88 Å². The fourth-order valence-corrected chi connectivity index (χ4v) is 2.62. The summed E-state index contributed by atoms with van der Waals surface area (Å²) >= 11 is 0. The number of aliphatic hydroxyl groups excluding tert-OH is 2. The van der Waals surface area contributed by atoms with E-state index in [1.54, 1.807) is 6.92 Å². The second kappa shape index (κ2) is 9.73. The number of alkyl halides is 3. The van der Waals surface area contributed by atoms with Gasteiger partial charge in [0.2, 0.25) is 0 Å². The molecule has 1 fully saturated rings. The molecule has 0 amide bonds. The summed E-state index contributed by atoms with van der Waals surface area (Å²) in [5.74, 6) is -1.85. The molecule has 4 atom stereocenters. The molecule has 4 unspecified atom stereocenters. The van der Waals surface area contributed by atoms with Crippen LogP contribution in [0.25, 0.3) is 0 Å². The van der Waals surface area contributed by atoms with Crippen molar-refractivity contribution in [2.24, 2.45) is 0 Å². The smallest absolute Gasteiger partial charge is 0.433 e. The van der Waals surface area contributed by atoms with Gasteiger partial charge in [0, 0.05) is 23.2 Å². The van der Waals surface area contributed by atoms with Crippen LogP contribution >= 0.6 is 0 Å². The van der Waals surface area contributed by atoms with Crippen LogP contribution in [0, 0.1) is 0 Å². The minimum atomic E-state index is -4.57. The first kappa shape index (κ1) is 23.4. The van der Waals surface area contributed by atoms with Crippen molar-refractivity contribution >= 4 is 5.97 Å². The Balaban J connectivity index is 0.000000232. The van der Waals surface area contributed by atoms with Crippen molar-refractivity contribution in [1.29, 1.82) is 0 Å². The predicted octanol–water partition coefficient (Wildman–Crippen LogP) is 2.11. The summed E-state index contributed by atoms with van der Waals surface area (Å²) in [7, 11) is 0. The van der Waals surface area contributed by atoms with Gasteiger partial charge in [-0.25, -0.2) is 19.7 Å². The van der Waals surface area contributed by atoms with E-state index in [0.29, 0.717) is 0 Å². The van der Waals surface area contributed by atoms with E-state index >= 15 is 0 Å². The van der Waals surface area contributed by atoms with Crippen molar-refractivity contribution in [1.82, 2.24) is 15.0 Å². The number of aromatic carboxylic acids is 1. The zero-order chi connectivity index (χ0) is 22.5. The number of nitrogens with zero attached hydrogens (tertiary/aromatic N) is 3. The Morgan fingerprint density at radius 2 is 2.00 bits per heavy atom. The fraction of sp³-hybridized carbons (Fsp3) is 0.412. The van der Waals surface area contributed by atoms with E-state index in [-0.39, 0.29) is 17.7 Å². The summed E-state index contributed by atoms with van der Waals surface area (Å²) in [6.07, 6.45) is -5.24. The first-order valence-corrected chi connectivity index (χ1v) is 8.42. The first-order valence-electron chi connectivity index (χ1n) is 8.42. The van der Waals surface area contributed by atoms with E-state index in [0.717, 1.165) is 18.2 Å². The molecule has 3 rings (SSSR count). The van der Waals surface area contributed by atoms with Crippen molar-refractivity contribution in [2.75, 3.05) is 0 Å². The molecule has 1 saturated heterocycles. The number of hydrogen-bond acceptors (Lipinski definition) is 8. The van der Waals surface area contributed by atoms with Gasteiger partial charge >= 0.3 is 12.1 Å². The number of halogens is 4. The average molecular weight is 435 g/mol. The Bertz CT molecular complexity index is 857. The van der Waals surface area contributed by atoms with Crippen molar-refractivity contribution < 1.29 is 47.5 Å². The van der Waals surface area contributed by atoms with E-state index in [4.69, 9.17) is 9.84 Å². The topological polar surface area (TPSA) is 135 Å². The maximum atomic E-state index is 11.9. The van der Waals surface area contributed by atoms with E-state index in [1.165, 1.54) is 12.5 Å². The lowest BCUT2D eigenvalue weighted by atomic mass is 9.95. The first-order chi connectivity index (χ1) is 14.0. The van der Waals surface area contributed by atoms with Gasteiger partial charge in [-0.05, 0) is 13.0 Å². The summed E-state index contributed by atoms with van der Waals surface area (Å²) in [5, 5.41) is 28.3. The van der Waals surface area contributed by atoms with Gasteiger partial charge in [0.25, 0.3) is 5.88 Å². The minimum Gasteiger partial charge on any atom is -0.478 e. The molecule has 3 N–H and O–H groups in total. The van der Waals surface area contributed by atoms with E-state index in [9.17, 15) is 32.7 Å². The summed E-state index contributed by atoms with van der Waals surface area (Å²) in [6, 6.07) is 2.71. The lowest BCUT2D eigenvalue weighted by molar-refractivity contribution is -0.164. The zero-order valence-electron chi connectivity index (χ0n) is 15.3. The van der Waals surface area contributed by atoms with Crippen molar-refractivity contribution in [2.45, 2.75) is 43.9 Å². The second-order valence-electron chi connectivity index (χ2n) is 6.19. The summed E-state index contributed by atoms with van der Waals surface area (Å²) < 4.78 is 52.4. The largest absolute Gasteiger partial charge is 0.478 e. The Hall–Kier alpha value is -2.90. The number of carbonyl (C=O) groups is 1. The molecule has 30 heavy (non-hydrogen) atoms. The van der Waals surface area contributed by atoms with Crippen LogP contribution in [0.15, 0.2) is 30.7 Å². The third-order valence-corrected chi connectivity index (χ3v) is 4.08. The SMILES string of the molecule is CC1OC(c2ncncc2C(=O)O)CC(O)C1O.FOc1cccc(C(F)(F)F)n1. The molecular weight excluding hydrogens is 418 g/mol. The number of hydrogen-bond donors (Lipinski definition) is 3. The van der Waals surface area contributed by atoms with E-state index in [2.05, 4.69) is 19.9 Å². The monoisotopic (exact) mass is 435 g/mol. The average Bonchev–Trinajstić information content (AvgIpc) is 2.71. The molecule has 0 bridgehead atoms. The van der Waals surface area contributed by atoms with Gasteiger partial charge in [0.1, 0.15) is 29.8 Å². The maximum absolute atomic E-state index is 11.9. The van der Waals surface area contributed by atoms with Gasteiger partial charge in [0.05, 0.1) is 17.9 Å². The molecule has 0 aliphatic carbocycles. The second-order valence-corrected chi connectivity index (χ2v) is 6.19. The highest BCUT2D eigenvalue weighted by Gasteiger charge is 2.37. The number of carboxylic acids is 1. The molecule has 0 radical (unpaired) electrons. The lowest BCUT2D eigenvalue weighted by Crippen LogP contribution is -2.44. The van der Waals surface area contributed by atoms with Gasteiger partial charge in [-0.1, -0.05) is 6.07 Å². The quantitative estimate of drug-likeness (QED) is 0.620.